The van der Waals surface area contributed by atoms with Gasteiger partial charge in [0, 0.05) is 6.04 Å². The number of rotatable bonds is 6. The first-order chi connectivity index (χ1) is 12.2. The summed E-state index contributed by atoms with van der Waals surface area (Å²) >= 11 is 0. The summed E-state index contributed by atoms with van der Waals surface area (Å²) < 4.78 is 61.2. The van der Waals surface area contributed by atoms with Crippen LogP contribution in [0.15, 0.2) is 45.9 Å². The van der Waals surface area contributed by atoms with Crippen LogP contribution in [-0.4, -0.2) is 46.7 Å². The van der Waals surface area contributed by atoms with Gasteiger partial charge in [0.25, 0.3) is 0 Å². The lowest BCUT2D eigenvalue weighted by molar-refractivity contribution is 0.401. The highest BCUT2D eigenvalue weighted by atomic mass is 32.2. The smallest absolute Gasteiger partial charge is 0.187 e. The van der Waals surface area contributed by atoms with Gasteiger partial charge in [-0.15, -0.1) is 0 Å². The molecule has 1 aromatic carbocycles. The molecule has 2 heterocycles. The van der Waals surface area contributed by atoms with Crippen molar-refractivity contribution in [2.24, 2.45) is 0 Å². The minimum atomic E-state index is -3.91. The highest BCUT2D eigenvalue weighted by molar-refractivity contribution is 7.96. The number of ether oxygens (including phenoxy) is 1. The summed E-state index contributed by atoms with van der Waals surface area (Å²) in [4.78, 5) is 0.0203. The van der Waals surface area contributed by atoms with Crippen LogP contribution in [-0.2, 0) is 26.2 Å². The molecule has 9 heteroatoms. The van der Waals surface area contributed by atoms with Crippen molar-refractivity contribution in [1.82, 2.24) is 5.32 Å². The third kappa shape index (κ3) is 3.79. The van der Waals surface area contributed by atoms with Crippen LogP contribution in [0.2, 0.25) is 0 Å². The molecule has 1 aliphatic rings. The molecule has 2 aromatic rings. The predicted molar refractivity (Wildman–Crippen MR) is 96.7 cm³/mol. The van der Waals surface area contributed by atoms with Gasteiger partial charge in [-0.2, -0.15) is 0 Å². The Hall–Kier alpha value is -1.84. The van der Waals surface area contributed by atoms with Gasteiger partial charge in [0.1, 0.15) is 16.4 Å². The van der Waals surface area contributed by atoms with Crippen molar-refractivity contribution in [3.63, 3.8) is 0 Å². The Balaban J connectivity index is 1.94. The Morgan fingerprint density at radius 3 is 2.69 bits per heavy atom. The standard InChI is InChI=1S/C17H21NO6S2/c1-12-5-6-15(23-2)16(8-12)26(21,22)17-11-25(19,20)10-14(17)18-9-13-4-3-7-24-13/h3-8,14,17-18H,9-11H2,1-2H3. The van der Waals surface area contributed by atoms with E-state index in [-0.39, 0.29) is 22.9 Å². The van der Waals surface area contributed by atoms with E-state index in [4.69, 9.17) is 9.15 Å². The first-order valence-electron chi connectivity index (χ1n) is 8.08. The molecule has 142 valence electrons. The lowest BCUT2D eigenvalue weighted by atomic mass is 10.2. The summed E-state index contributed by atoms with van der Waals surface area (Å²) in [6, 6.07) is 7.58. The molecule has 1 N–H and O–H groups in total. The lowest BCUT2D eigenvalue weighted by Gasteiger charge is -2.21. The minimum Gasteiger partial charge on any atom is -0.495 e. The first-order valence-corrected chi connectivity index (χ1v) is 11.4. The maximum atomic E-state index is 13.2. The van der Waals surface area contributed by atoms with Crippen LogP contribution in [0, 0.1) is 6.92 Å². The molecule has 0 radical (unpaired) electrons. The van der Waals surface area contributed by atoms with E-state index in [1.807, 2.05) is 0 Å². The Kier molecular flexibility index (Phi) is 5.14. The van der Waals surface area contributed by atoms with Crippen molar-refractivity contribution in [3.8, 4) is 5.75 Å². The zero-order chi connectivity index (χ0) is 18.9. The van der Waals surface area contributed by atoms with Gasteiger partial charge >= 0.3 is 0 Å². The number of sulfone groups is 2. The van der Waals surface area contributed by atoms with Crippen LogP contribution >= 0.6 is 0 Å². The molecular weight excluding hydrogens is 378 g/mol. The monoisotopic (exact) mass is 399 g/mol. The third-order valence-corrected chi connectivity index (χ3v) is 8.61. The molecule has 2 unspecified atom stereocenters. The van der Waals surface area contributed by atoms with E-state index in [0.717, 1.165) is 5.56 Å². The molecule has 0 amide bonds. The van der Waals surface area contributed by atoms with Crippen molar-refractivity contribution in [1.29, 1.82) is 0 Å². The van der Waals surface area contributed by atoms with E-state index in [0.29, 0.717) is 5.76 Å². The Morgan fingerprint density at radius 2 is 2.04 bits per heavy atom. The van der Waals surface area contributed by atoms with Gasteiger partial charge in [0.2, 0.25) is 0 Å². The Morgan fingerprint density at radius 1 is 1.27 bits per heavy atom. The average molecular weight is 399 g/mol. The zero-order valence-electron chi connectivity index (χ0n) is 14.5. The van der Waals surface area contributed by atoms with E-state index in [1.165, 1.54) is 19.4 Å². The number of aryl methyl sites for hydroxylation is 1. The maximum absolute atomic E-state index is 13.2. The second-order valence-electron chi connectivity index (χ2n) is 6.38. The minimum absolute atomic E-state index is 0.0203. The molecule has 1 aliphatic heterocycles. The predicted octanol–water partition coefficient (Wildman–Crippen LogP) is 1.33. The van der Waals surface area contributed by atoms with E-state index in [1.54, 1.807) is 31.2 Å². The molecule has 1 saturated heterocycles. The van der Waals surface area contributed by atoms with Crippen LogP contribution in [0.25, 0.3) is 0 Å². The van der Waals surface area contributed by atoms with E-state index >= 15 is 0 Å². The first kappa shape index (κ1) is 18.9. The van der Waals surface area contributed by atoms with Crippen LogP contribution in [0.3, 0.4) is 0 Å². The van der Waals surface area contributed by atoms with E-state index < -0.39 is 36.7 Å². The number of furan rings is 1. The lowest BCUT2D eigenvalue weighted by Crippen LogP contribution is -2.43. The summed E-state index contributed by atoms with van der Waals surface area (Å²) in [6.45, 7) is 2.03. The molecule has 2 atom stereocenters. The van der Waals surface area contributed by atoms with Crippen molar-refractivity contribution in [2.75, 3.05) is 18.6 Å². The SMILES string of the molecule is COc1ccc(C)cc1S(=O)(=O)C1CS(=O)(=O)CC1NCc1ccco1. The fourth-order valence-electron chi connectivity index (χ4n) is 3.13. The molecule has 0 aliphatic carbocycles. The van der Waals surface area contributed by atoms with Gasteiger partial charge in [-0.25, -0.2) is 16.8 Å². The zero-order valence-corrected chi connectivity index (χ0v) is 16.1. The maximum Gasteiger partial charge on any atom is 0.187 e. The number of methoxy groups -OCH3 is 1. The summed E-state index contributed by atoms with van der Waals surface area (Å²) in [6.07, 6.45) is 1.51. The highest BCUT2D eigenvalue weighted by Crippen LogP contribution is 2.32. The van der Waals surface area contributed by atoms with Crippen LogP contribution in [0.5, 0.6) is 5.75 Å². The second-order valence-corrected chi connectivity index (χ2v) is 10.7. The highest BCUT2D eigenvalue weighted by Gasteiger charge is 2.46. The number of nitrogens with one attached hydrogen (secondary N) is 1. The summed E-state index contributed by atoms with van der Waals surface area (Å²) in [7, 11) is -5.99. The van der Waals surface area contributed by atoms with Gasteiger partial charge in [-0.3, -0.25) is 0 Å². The van der Waals surface area contributed by atoms with Crippen LogP contribution < -0.4 is 10.1 Å². The quantitative estimate of drug-likeness (QED) is 0.781. The molecule has 1 fully saturated rings. The van der Waals surface area contributed by atoms with Crippen molar-refractivity contribution in [2.45, 2.75) is 29.7 Å². The van der Waals surface area contributed by atoms with Gasteiger partial charge in [0.15, 0.2) is 19.7 Å². The van der Waals surface area contributed by atoms with Gasteiger partial charge in [-0.05, 0) is 36.8 Å². The number of hydrogen-bond acceptors (Lipinski definition) is 7. The average Bonchev–Trinajstić information content (AvgIpc) is 3.20. The van der Waals surface area contributed by atoms with Gasteiger partial charge < -0.3 is 14.5 Å². The Bertz CT molecular complexity index is 980. The molecule has 7 nitrogen and oxygen atoms in total. The summed E-state index contributed by atoms with van der Waals surface area (Å²) in [5, 5.41) is 1.94. The molecule has 3 rings (SSSR count). The summed E-state index contributed by atoms with van der Waals surface area (Å²) in [5.41, 5.74) is 0.755. The molecule has 0 bridgehead atoms. The molecule has 26 heavy (non-hydrogen) atoms. The van der Waals surface area contributed by atoms with E-state index in [9.17, 15) is 16.8 Å². The number of benzene rings is 1. The van der Waals surface area contributed by atoms with Crippen molar-refractivity contribution in [3.05, 3.63) is 47.9 Å². The Labute approximate surface area is 153 Å². The second kappa shape index (κ2) is 7.05. The van der Waals surface area contributed by atoms with Gasteiger partial charge in [-0.1, -0.05) is 6.07 Å². The fraction of sp³-hybridized carbons (Fsp3) is 0.412. The van der Waals surface area contributed by atoms with Gasteiger partial charge in [0.05, 0.1) is 36.7 Å². The largest absolute Gasteiger partial charge is 0.495 e. The summed E-state index contributed by atoms with van der Waals surface area (Å²) in [5.74, 6) is 0.178. The molecule has 0 spiro atoms. The molecule has 0 saturated carbocycles. The topological polar surface area (TPSA) is 103 Å². The van der Waals surface area contributed by atoms with Crippen molar-refractivity contribution >= 4 is 19.7 Å². The van der Waals surface area contributed by atoms with Crippen LogP contribution in [0.1, 0.15) is 11.3 Å². The number of hydrogen-bond donors (Lipinski definition) is 1. The normalized spacial score (nSPS) is 22.4. The molecular formula is C17H21NO6S2. The molecule has 1 aromatic heterocycles. The van der Waals surface area contributed by atoms with Crippen molar-refractivity contribution < 1.29 is 26.0 Å². The van der Waals surface area contributed by atoms with Crippen LogP contribution in [0.4, 0.5) is 0 Å². The third-order valence-electron chi connectivity index (χ3n) is 4.44. The fourth-order valence-corrected chi connectivity index (χ4v) is 8.09. The van der Waals surface area contributed by atoms with E-state index in [2.05, 4.69) is 5.32 Å².